The molecule has 4 N–H and O–H groups in total. The molecule has 1 heterocycles. The molecule has 0 spiro atoms. The molecule has 2 saturated carbocycles. The van der Waals surface area contributed by atoms with E-state index in [2.05, 4.69) is 41.5 Å². The zero-order valence-corrected chi connectivity index (χ0v) is 12.8. The number of nitrogens with two attached hydrogens (primary N) is 1. The van der Waals surface area contributed by atoms with Crippen LogP contribution in [0.15, 0.2) is 12.4 Å². The highest BCUT2D eigenvalue weighted by Gasteiger charge is 2.59. The van der Waals surface area contributed by atoms with Crippen LogP contribution in [0.3, 0.4) is 0 Å². The number of carbonyl (C=O) groups is 1. The van der Waals surface area contributed by atoms with Gasteiger partial charge in [0, 0.05) is 6.04 Å². The molecule has 3 rings (SSSR count). The van der Waals surface area contributed by atoms with Crippen LogP contribution in [0.1, 0.15) is 50.5 Å². The molecule has 1 aromatic heterocycles. The Morgan fingerprint density at radius 1 is 1.33 bits per heavy atom. The fourth-order valence-electron chi connectivity index (χ4n) is 4.39. The van der Waals surface area contributed by atoms with Crippen LogP contribution in [0.2, 0.25) is 0 Å². The molecule has 6 nitrogen and oxygen atoms in total. The molecule has 1 aromatic rings. The summed E-state index contributed by atoms with van der Waals surface area (Å²) >= 11 is 0. The lowest BCUT2D eigenvalue weighted by Crippen LogP contribution is -2.52. The second-order valence-corrected chi connectivity index (χ2v) is 7.25. The second kappa shape index (κ2) is 4.66. The molecule has 0 aliphatic heterocycles. The van der Waals surface area contributed by atoms with Crippen LogP contribution >= 0.6 is 0 Å². The molecular weight excluding hydrogens is 266 g/mol. The van der Waals surface area contributed by atoms with Crippen LogP contribution in [0.5, 0.6) is 0 Å². The molecule has 2 fully saturated rings. The van der Waals surface area contributed by atoms with Crippen molar-refractivity contribution in [2.24, 2.45) is 22.6 Å². The maximum atomic E-state index is 12.4. The number of nitrogens with one attached hydrogen (secondary N) is 2. The number of rotatable bonds is 3. The normalized spacial score (nSPS) is 33.0. The van der Waals surface area contributed by atoms with E-state index in [-0.39, 0.29) is 22.8 Å². The number of aromatic nitrogens is 2. The van der Waals surface area contributed by atoms with Gasteiger partial charge in [0.15, 0.2) is 5.82 Å². The molecule has 0 saturated heterocycles. The molecule has 0 aromatic carbocycles. The number of hydrogen-bond acceptors (Lipinski definition) is 5. The smallest absolute Gasteiger partial charge is 0.271 e. The van der Waals surface area contributed by atoms with E-state index < -0.39 is 0 Å². The number of anilines is 1. The van der Waals surface area contributed by atoms with E-state index in [0.29, 0.717) is 17.4 Å². The summed E-state index contributed by atoms with van der Waals surface area (Å²) in [6.45, 7) is 6.82. The lowest BCUT2D eigenvalue weighted by molar-refractivity contribution is 0.0733. The lowest BCUT2D eigenvalue weighted by Gasteiger charge is -2.43. The first-order chi connectivity index (χ1) is 9.87. The summed E-state index contributed by atoms with van der Waals surface area (Å²) in [5.41, 5.74) is 3.07. The zero-order valence-electron chi connectivity index (χ0n) is 12.8. The van der Waals surface area contributed by atoms with Crippen LogP contribution in [0.25, 0.3) is 0 Å². The van der Waals surface area contributed by atoms with E-state index >= 15 is 0 Å². The second-order valence-electron chi connectivity index (χ2n) is 7.25. The molecule has 114 valence electrons. The Labute approximate surface area is 124 Å². The minimum Gasteiger partial charge on any atom is -0.347 e. The highest BCUT2D eigenvalue weighted by Crippen LogP contribution is 2.62. The van der Waals surface area contributed by atoms with Crippen molar-refractivity contribution in [1.29, 1.82) is 0 Å². The van der Waals surface area contributed by atoms with Crippen molar-refractivity contribution in [1.82, 2.24) is 15.3 Å². The van der Waals surface area contributed by atoms with Crippen molar-refractivity contribution < 1.29 is 4.79 Å². The van der Waals surface area contributed by atoms with Crippen LogP contribution in [-0.2, 0) is 0 Å². The number of amides is 1. The van der Waals surface area contributed by atoms with Gasteiger partial charge in [0.1, 0.15) is 5.69 Å². The molecular formula is C15H23N5O. The van der Waals surface area contributed by atoms with Crippen molar-refractivity contribution in [3.05, 3.63) is 18.1 Å². The van der Waals surface area contributed by atoms with Crippen LogP contribution in [0.4, 0.5) is 5.82 Å². The maximum Gasteiger partial charge on any atom is 0.271 e. The fourth-order valence-corrected chi connectivity index (χ4v) is 4.39. The fraction of sp³-hybridized carbons (Fsp3) is 0.667. The molecule has 3 unspecified atom stereocenters. The first-order valence-corrected chi connectivity index (χ1v) is 7.46. The molecule has 3 atom stereocenters. The molecule has 2 bridgehead atoms. The Morgan fingerprint density at radius 2 is 2.10 bits per heavy atom. The topological polar surface area (TPSA) is 92.9 Å². The number of hydrogen-bond donors (Lipinski definition) is 3. The van der Waals surface area contributed by atoms with Gasteiger partial charge in [-0.1, -0.05) is 20.8 Å². The third kappa shape index (κ3) is 2.18. The monoisotopic (exact) mass is 289 g/mol. The molecule has 2 aliphatic carbocycles. The summed E-state index contributed by atoms with van der Waals surface area (Å²) in [5, 5.41) is 3.20. The minimum absolute atomic E-state index is 0.134. The van der Waals surface area contributed by atoms with Crippen LogP contribution in [0, 0.1) is 16.7 Å². The number of carbonyl (C=O) groups excluding carboxylic acids is 1. The maximum absolute atomic E-state index is 12.4. The largest absolute Gasteiger partial charge is 0.347 e. The van der Waals surface area contributed by atoms with Gasteiger partial charge in [-0.2, -0.15) is 0 Å². The number of nitrogen functional groups attached to an aromatic ring is 1. The molecule has 1 amide bonds. The average Bonchev–Trinajstić information content (AvgIpc) is 2.94. The number of nitrogens with zero attached hydrogens (tertiary/aromatic N) is 2. The third-order valence-corrected chi connectivity index (χ3v) is 5.58. The quantitative estimate of drug-likeness (QED) is 0.582. The summed E-state index contributed by atoms with van der Waals surface area (Å²) in [5.74, 6) is 6.23. The Hall–Kier alpha value is -1.69. The Bertz CT molecular complexity index is 551. The van der Waals surface area contributed by atoms with Gasteiger partial charge in [-0.05, 0) is 36.0 Å². The predicted octanol–water partition coefficient (Wildman–Crippen LogP) is 1.71. The van der Waals surface area contributed by atoms with E-state index in [1.165, 1.54) is 31.7 Å². The molecule has 2 aliphatic rings. The van der Waals surface area contributed by atoms with Gasteiger partial charge in [0.25, 0.3) is 5.91 Å². The summed E-state index contributed by atoms with van der Waals surface area (Å²) in [6, 6.07) is 0.186. The van der Waals surface area contributed by atoms with Crippen LogP contribution < -0.4 is 16.6 Å². The first-order valence-electron chi connectivity index (χ1n) is 7.46. The SMILES string of the molecule is CC12CCC(C1)C(C)(C)C2NC(=O)c1cnc(NN)cn1. The van der Waals surface area contributed by atoms with Crippen molar-refractivity contribution in [3.8, 4) is 0 Å². The van der Waals surface area contributed by atoms with Gasteiger partial charge in [0.05, 0.1) is 12.4 Å². The highest BCUT2D eigenvalue weighted by molar-refractivity contribution is 5.92. The predicted molar refractivity (Wildman–Crippen MR) is 80.3 cm³/mol. The lowest BCUT2D eigenvalue weighted by atomic mass is 9.68. The number of fused-ring (bicyclic) bond motifs is 2. The van der Waals surface area contributed by atoms with Crippen molar-refractivity contribution >= 4 is 11.7 Å². The Balaban J connectivity index is 1.78. The van der Waals surface area contributed by atoms with Gasteiger partial charge in [0.2, 0.25) is 0 Å². The van der Waals surface area contributed by atoms with Gasteiger partial charge in [-0.25, -0.2) is 15.8 Å². The van der Waals surface area contributed by atoms with Crippen molar-refractivity contribution in [2.75, 3.05) is 5.43 Å². The van der Waals surface area contributed by atoms with Gasteiger partial charge < -0.3 is 10.7 Å². The standard InChI is InChI=1S/C15H23N5O/c1-14(2)9-4-5-15(3,6-9)13(14)19-12(21)10-7-18-11(20-16)8-17-10/h7-9,13H,4-6,16H2,1-3H3,(H,18,20)(H,19,21). The Kier molecular flexibility index (Phi) is 3.16. The van der Waals surface area contributed by atoms with Crippen molar-refractivity contribution in [2.45, 2.75) is 46.1 Å². The Morgan fingerprint density at radius 3 is 2.62 bits per heavy atom. The third-order valence-electron chi connectivity index (χ3n) is 5.58. The van der Waals surface area contributed by atoms with Gasteiger partial charge in [-0.3, -0.25) is 4.79 Å². The molecule has 21 heavy (non-hydrogen) atoms. The number of hydrazine groups is 1. The highest BCUT2D eigenvalue weighted by atomic mass is 16.2. The summed E-state index contributed by atoms with van der Waals surface area (Å²) < 4.78 is 0. The average molecular weight is 289 g/mol. The zero-order chi connectivity index (χ0) is 15.3. The van der Waals surface area contributed by atoms with E-state index in [1.54, 1.807) is 0 Å². The van der Waals surface area contributed by atoms with E-state index in [4.69, 9.17) is 5.84 Å². The first kappa shape index (κ1) is 14.3. The van der Waals surface area contributed by atoms with Crippen LogP contribution in [-0.4, -0.2) is 21.9 Å². The summed E-state index contributed by atoms with van der Waals surface area (Å²) in [7, 11) is 0. The van der Waals surface area contributed by atoms with Gasteiger partial charge in [-0.15, -0.1) is 0 Å². The van der Waals surface area contributed by atoms with E-state index in [1.807, 2.05) is 0 Å². The summed E-state index contributed by atoms with van der Waals surface area (Å²) in [6.07, 6.45) is 6.57. The summed E-state index contributed by atoms with van der Waals surface area (Å²) in [4.78, 5) is 20.6. The molecule has 0 radical (unpaired) electrons. The van der Waals surface area contributed by atoms with E-state index in [0.717, 1.165) is 0 Å². The van der Waals surface area contributed by atoms with E-state index in [9.17, 15) is 4.79 Å². The van der Waals surface area contributed by atoms with Gasteiger partial charge >= 0.3 is 0 Å². The van der Waals surface area contributed by atoms with Crippen molar-refractivity contribution in [3.63, 3.8) is 0 Å². The molecule has 6 heteroatoms. The minimum atomic E-state index is -0.155.